The van der Waals surface area contributed by atoms with E-state index >= 15 is 0 Å². The van der Waals surface area contributed by atoms with Crippen LogP contribution in [0.4, 0.5) is 0 Å². The van der Waals surface area contributed by atoms with Crippen molar-refractivity contribution < 1.29 is 9.59 Å². The van der Waals surface area contributed by atoms with Crippen LogP contribution in [0.2, 0.25) is 0 Å². The third-order valence-corrected chi connectivity index (χ3v) is 4.54. The highest BCUT2D eigenvalue weighted by atomic mass is 16.2. The maximum absolute atomic E-state index is 12.4. The highest BCUT2D eigenvalue weighted by Gasteiger charge is 2.20. The van der Waals surface area contributed by atoms with Gasteiger partial charge in [-0.05, 0) is 49.4 Å². The quantitative estimate of drug-likeness (QED) is 0.823. The number of aryl methyl sites for hydroxylation is 1. The molecular weight excluding hydrogens is 312 g/mol. The van der Waals surface area contributed by atoms with E-state index in [1.54, 1.807) is 24.3 Å². The van der Waals surface area contributed by atoms with Crippen molar-refractivity contribution in [3.63, 3.8) is 0 Å². The van der Waals surface area contributed by atoms with Crippen LogP contribution in [-0.4, -0.2) is 36.3 Å². The average Bonchev–Trinajstić information content (AvgIpc) is 3.20. The molecule has 0 radical (unpaired) electrons. The molecule has 2 aromatic rings. The van der Waals surface area contributed by atoms with Crippen LogP contribution in [0, 0.1) is 0 Å². The first-order chi connectivity index (χ1) is 12.2. The number of hydrogen-bond donors (Lipinski definition) is 1. The van der Waals surface area contributed by atoms with Gasteiger partial charge in [0.05, 0.1) is 0 Å². The fraction of sp³-hybridized carbons (Fsp3) is 0.333. The predicted octanol–water partition coefficient (Wildman–Crippen LogP) is 3.29. The maximum Gasteiger partial charge on any atom is 0.253 e. The molecule has 1 aliphatic rings. The SMILES string of the molecule is O=C(NCCCc1ccccc1)c1cccc(C(=O)N2CCCC2)c1. The van der Waals surface area contributed by atoms with Crippen molar-refractivity contribution in [2.45, 2.75) is 25.7 Å². The molecule has 1 aliphatic heterocycles. The molecule has 0 unspecified atom stereocenters. The van der Waals surface area contributed by atoms with Gasteiger partial charge in [-0.2, -0.15) is 0 Å². The van der Waals surface area contributed by atoms with E-state index in [1.807, 2.05) is 23.1 Å². The molecule has 0 atom stereocenters. The number of rotatable bonds is 6. The van der Waals surface area contributed by atoms with Gasteiger partial charge in [0.1, 0.15) is 0 Å². The van der Waals surface area contributed by atoms with Gasteiger partial charge in [-0.3, -0.25) is 9.59 Å². The Balaban J connectivity index is 1.51. The number of hydrogen-bond acceptors (Lipinski definition) is 2. The summed E-state index contributed by atoms with van der Waals surface area (Å²) in [6.45, 7) is 2.25. The molecular formula is C21H24N2O2. The van der Waals surface area contributed by atoms with Gasteiger partial charge < -0.3 is 10.2 Å². The van der Waals surface area contributed by atoms with Crippen LogP contribution >= 0.6 is 0 Å². The first kappa shape index (κ1) is 17.2. The number of carbonyl (C=O) groups excluding carboxylic acids is 2. The second kappa shape index (κ2) is 8.47. The number of likely N-dealkylation sites (tertiary alicyclic amines) is 1. The topological polar surface area (TPSA) is 49.4 Å². The maximum atomic E-state index is 12.4. The average molecular weight is 336 g/mol. The predicted molar refractivity (Wildman–Crippen MR) is 98.7 cm³/mol. The molecule has 3 rings (SSSR count). The number of benzene rings is 2. The van der Waals surface area contributed by atoms with Crippen LogP contribution in [0.15, 0.2) is 54.6 Å². The number of nitrogens with one attached hydrogen (secondary N) is 1. The summed E-state index contributed by atoms with van der Waals surface area (Å²) in [5.74, 6) is -0.0969. The zero-order valence-electron chi connectivity index (χ0n) is 14.4. The normalized spacial score (nSPS) is 13.7. The fourth-order valence-corrected chi connectivity index (χ4v) is 3.14. The third kappa shape index (κ3) is 4.69. The van der Waals surface area contributed by atoms with Crippen LogP contribution in [0.3, 0.4) is 0 Å². The lowest BCUT2D eigenvalue weighted by atomic mass is 10.1. The van der Waals surface area contributed by atoms with E-state index in [1.165, 1.54) is 5.56 Å². The van der Waals surface area contributed by atoms with E-state index in [2.05, 4.69) is 17.4 Å². The molecule has 0 aliphatic carbocycles. The Hall–Kier alpha value is -2.62. The second-order valence-corrected chi connectivity index (χ2v) is 6.43. The number of nitrogens with zero attached hydrogens (tertiary/aromatic N) is 1. The largest absolute Gasteiger partial charge is 0.352 e. The summed E-state index contributed by atoms with van der Waals surface area (Å²) in [5, 5.41) is 2.94. The first-order valence-electron chi connectivity index (χ1n) is 8.95. The van der Waals surface area contributed by atoms with Gasteiger partial charge in [0.25, 0.3) is 11.8 Å². The minimum atomic E-state index is -0.121. The van der Waals surface area contributed by atoms with Gasteiger partial charge in [0.15, 0.2) is 0 Å². The van der Waals surface area contributed by atoms with Crippen LogP contribution in [0.5, 0.6) is 0 Å². The Morgan fingerprint density at radius 2 is 1.64 bits per heavy atom. The number of amides is 2. The molecule has 0 bridgehead atoms. The summed E-state index contributed by atoms with van der Waals surface area (Å²) >= 11 is 0. The van der Waals surface area contributed by atoms with E-state index in [0.29, 0.717) is 17.7 Å². The Morgan fingerprint density at radius 1 is 0.920 bits per heavy atom. The molecule has 2 amide bonds. The van der Waals surface area contributed by atoms with Gasteiger partial charge in [-0.25, -0.2) is 0 Å². The Labute approximate surface area is 148 Å². The van der Waals surface area contributed by atoms with E-state index < -0.39 is 0 Å². The van der Waals surface area contributed by atoms with Crippen molar-refractivity contribution in [2.75, 3.05) is 19.6 Å². The lowest BCUT2D eigenvalue weighted by Gasteiger charge is -2.15. The molecule has 0 aromatic heterocycles. The van der Waals surface area contributed by atoms with E-state index in [9.17, 15) is 9.59 Å². The zero-order chi connectivity index (χ0) is 17.5. The summed E-state index contributed by atoms with van der Waals surface area (Å²) in [7, 11) is 0. The Bertz CT molecular complexity index is 722. The smallest absolute Gasteiger partial charge is 0.253 e. The summed E-state index contributed by atoms with van der Waals surface area (Å²) < 4.78 is 0. The Morgan fingerprint density at radius 3 is 2.40 bits per heavy atom. The van der Waals surface area contributed by atoms with Crippen LogP contribution in [0.25, 0.3) is 0 Å². The highest BCUT2D eigenvalue weighted by Crippen LogP contribution is 2.14. The van der Waals surface area contributed by atoms with Gasteiger partial charge in [-0.15, -0.1) is 0 Å². The van der Waals surface area contributed by atoms with Crippen LogP contribution < -0.4 is 5.32 Å². The molecule has 1 heterocycles. The second-order valence-electron chi connectivity index (χ2n) is 6.43. The molecule has 25 heavy (non-hydrogen) atoms. The molecule has 2 aromatic carbocycles. The monoisotopic (exact) mass is 336 g/mol. The highest BCUT2D eigenvalue weighted by molar-refractivity contribution is 5.99. The molecule has 4 nitrogen and oxygen atoms in total. The summed E-state index contributed by atoms with van der Waals surface area (Å²) in [5.41, 5.74) is 2.42. The zero-order valence-corrected chi connectivity index (χ0v) is 14.4. The van der Waals surface area contributed by atoms with Crippen molar-refractivity contribution in [1.29, 1.82) is 0 Å². The van der Waals surface area contributed by atoms with E-state index in [4.69, 9.17) is 0 Å². The van der Waals surface area contributed by atoms with Crippen LogP contribution in [0.1, 0.15) is 45.5 Å². The molecule has 130 valence electrons. The summed E-state index contributed by atoms with van der Waals surface area (Å²) in [6, 6.07) is 17.3. The van der Waals surface area contributed by atoms with E-state index in [-0.39, 0.29) is 11.8 Å². The molecule has 1 N–H and O–H groups in total. The van der Waals surface area contributed by atoms with Gasteiger partial charge in [-0.1, -0.05) is 36.4 Å². The van der Waals surface area contributed by atoms with E-state index in [0.717, 1.165) is 38.8 Å². The molecule has 1 saturated heterocycles. The molecule has 0 saturated carbocycles. The summed E-state index contributed by atoms with van der Waals surface area (Å²) in [6.07, 6.45) is 3.96. The van der Waals surface area contributed by atoms with Crippen molar-refractivity contribution in [3.05, 3.63) is 71.3 Å². The first-order valence-corrected chi connectivity index (χ1v) is 8.95. The fourth-order valence-electron chi connectivity index (χ4n) is 3.14. The Kier molecular flexibility index (Phi) is 5.83. The minimum Gasteiger partial charge on any atom is -0.352 e. The molecule has 4 heteroatoms. The van der Waals surface area contributed by atoms with Gasteiger partial charge >= 0.3 is 0 Å². The number of carbonyl (C=O) groups is 2. The third-order valence-electron chi connectivity index (χ3n) is 4.54. The van der Waals surface area contributed by atoms with Crippen LogP contribution in [-0.2, 0) is 6.42 Å². The minimum absolute atomic E-state index is 0.0243. The van der Waals surface area contributed by atoms with Gasteiger partial charge in [0, 0.05) is 30.8 Å². The molecule has 0 spiro atoms. The standard InChI is InChI=1S/C21H24N2O2/c24-20(22-13-7-10-17-8-2-1-3-9-17)18-11-6-12-19(16-18)21(25)23-14-4-5-15-23/h1-3,6,8-9,11-12,16H,4-5,7,10,13-15H2,(H,22,24). The lowest BCUT2D eigenvalue weighted by molar-refractivity contribution is 0.0793. The van der Waals surface area contributed by atoms with Crippen molar-refractivity contribution >= 4 is 11.8 Å². The van der Waals surface area contributed by atoms with Gasteiger partial charge in [0.2, 0.25) is 0 Å². The lowest BCUT2D eigenvalue weighted by Crippen LogP contribution is -2.28. The summed E-state index contributed by atoms with van der Waals surface area (Å²) in [4.78, 5) is 26.6. The van der Waals surface area contributed by atoms with Crippen molar-refractivity contribution in [2.24, 2.45) is 0 Å². The van der Waals surface area contributed by atoms with Crippen molar-refractivity contribution in [1.82, 2.24) is 10.2 Å². The molecule has 1 fully saturated rings. The van der Waals surface area contributed by atoms with Crippen molar-refractivity contribution in [3.8, 4) is 0 Å².